The van der Waals surface area contributed by atoms with Crippen LogP contribution in [0.5, 0.6) is 5.75 Å². The Morgan fingerprint density at radius 2 is 1.70 bits per heavy atom. The predicted molar refractivity (Wildman–Crippen MR) is 105 cm³/mol. The standard InChI is InChI=1S/C22H21ClFNO2/c23-20-12-19(24)11-10-18(20)15-27-22-9-5-4-8-17(22)13-25-14-21(26)16-6-2-1-3-7-16/h1-12,21,25-26H,13-15H2. The number of para-hydroxylation sites is 1. The third-order valence-electron chi connectivity index (χ3n) is 4.21. The summed E-state index contributed by atoms with van der Waals surface area (Å²) in [7, 11) is 0. The van der Waals surface area contributed by atoms with Crippen LogP contribution in [0.2, 0.25) is 5.02 Å². The van der Waals surface area contributed by atoms with Crippen molar-refractivity contribution in [2.24, 2.45) is 0 Å². The van der Waals surface area contributed by atoms with Gasteiger partial charge in [0, 0.05) is 24.2 Å². The molecule has 3 rings (SSSR count). The minimum absolute atomic E-state index is 0.253. The first-order chi connectivity index (χ1) is 13.1. The number of nitrogens with one attached hydrogen (secondary N) is 1. The number of benzene rings is 3. The summed E-state index contributed by atoms with van der Waals surface area (Å²) in [6, 6.07) is 21.5. The number of aliphatic hydroxyl groups is 1. The van der Waals surface area contributed by atoms with Crippen LogP contribution in [0.15, 0.2) is 72.8 Å². The van der Waals surface area contributed by atoms with Gasteiger partial charge in [0.15, 0.2) is 0 Å². The summed E-state index contributed by atoms with van der Waals surface area (Å²) in [5.41, 5.74) is 2.57. The van der Waals surface area contributed by atoms with Gasteiger partial charge in [-0.3, -0.25) is 0 Å². The second-order valence-electron chi connectivity index (χ2n) is 6.19. The molecule has 0 saturated heterocycles. The number of rotatable bonds is 8. The first kappa shape index (κ1) is 19.4. The zero-order valence-corrected chi connectivity index (χ0v) is 15.5. The van der Waals surface area contributed by atoms with Gasteiger partial charge in [0.2, 0.25) is 0 Å². The zero-order valence-electron chi connectivity index (χ0n) is 14.7. The van der Waals surface area contributed by atoms with E-state index in [0.717, 1.165) is 22.4 Å². The highest BCUT2D eigenvalue weighted by atomic mass is 35.5. The SMILES string of the molecule is OC(CNCc1ccccc1OCc1ccc(F)cc1Cl)c1ccccc1. The Kier molecular flexibility index (Phi) is 6.82. The fourth-order valence-electron chi connectivity index (χ4n) is 2.72. The van der Waals surface area contributed by atoms with E-state index >= 15 is 0 Å². The first-order valence-electron chi connectivity index (χ1n) is 8.72. The van der Waals surface area contributed by atoms with Crippen molar-refractivity contribution in [1.29, 1.82) is 0 Å². The van der Waals surface area contributed by atoms with Crippen LogP contribution in [-0.4, -0.2) is 11.7 Å². The van der Waals surface area contributed by atoms with Gasteiger partial charge in [0.1, 0.15) is 18.2 Å². The summed E-state index contributed by atoms with van der Waals surface area (Å²) >= 11 is 6.05. The normalized spacial score (nSPS) is 12.0. The molecular weight excluding hydrogens is 365 g/mol. The van der Waals surface area contributed by atoms with Gasteiger partial charge in [0.25, 0.3) is 0 Å². The van der Waals surface area contributed by atoms with Crippen molar-refractivity contribution >= 4 is 11.6 Å². The predicted octanol–water partition coefficient (Wildman–Crippen LogP) is 4.88. The van der Waals surface area contributed by atoms with Crippen LogP contribution in [0.3, 0.4) is 0 Å². The molecule has 140 valence electrons. The summed E-state index contributed by atoms with van der Waals surface area (Å²) in [4.78, 5) is 0. The van der Waals surface area contributed by atoms with E-state index in [9.17, 15) is 9.50 Å². The molecule has 0 radical (unpaired) electrons. The van der Waals surface area contributed by atoms with Crippen molar-refractivity contribution in [1.82, 2.24) is 5.32 Å². The molecule has 0 aliphatic carbocycles. The van der Waals surface area contributed by atoms with Crippen molar-refractivity contribution in [3.63, 3.8) is 0 Å². The summed E-state index contributed by atoms with van der Waals surface area (Å²) in [5.74, 6) is 0.352. The number of ether oxygens (including phenoxy) is 1. The molecule has 1 unspecified atom stereocenters. The van der Waals surface area contributed by atoms with Gasteiger partial charge >= 0.3 is 0 Å². The van der Waals surface area contributed by atoms with Crippen LogP contribution in [-0.2, 0) is 13.2 Å². The van der Waals surface area contributed by atoms with Crippen molar-refractivity contribution in [2.45, 2.75) is 19.3 Å². The second kappa shape index (κ2) is 9.51. The average molecular weight is 386 g/mol. The van der Waals surface area contributed by atoms with Gasteiger partial charge in [-0.15, -0.1) is 0 Å². The Morgan fingerprint density at radius 3 is 2.48 bits per heavy atom. The van der Waals surface area contributed by atoms with Crippen molar-refractivity contribution in [3.8, 4) is 5.75 Å². The summed E-state index contributed by atoms with van der Waals surface area (Å²) in [6.07, 6.45) is -0.572. The van der Waals surface area contributed by atoms with E-state index in [2.05, 4.69) is 5.32 Å². The molecule has 0 fully saturated rings. The summed E-state index contributed by atoms with van der Waals surface area (Å²) in [5, 5.41) is 13.8. The van der Waals surface area contributed by atoms with E-state index in [4.69, 9.17) is 16.3 Å². The molecule has 0 aliphatic rings. The van der Waals surface area contributed by atoms with E-state index in [0.29, 0.717) is 18.1 Å². The van der Waals surface area contributed by atoms with Crippen LogP contribution >= 0.6 is 11.6 Å². The number of hydrogen-bond donors (Lipinski definition) is 2. The number of halogens is 2. The molecule has 0 heterocycles. The van der Waals surface area contributed by atoms with E-state index in [1.807, 2.05) is 54.6 Å². The topological polar surface area (TPSA) is 41.5 Å². The summed E-state index contributed by atoms with van der Waals surface area (Å²) < 4.78 is 19.0. The Bertz CT molecular complexity index is 873. The van der Waals surface area contributed by atoms with Crippen molar-refractivity contribution in [3.05, 3.63) is 100 Å². The monoisotopic (exact) mass is 385 g/mol. The lowest BCUT2D eigenvalue weighted by atomic mass is 10.1. The molecule has 0 spiro atoms. The molecule has 0 saturated carbocycles. The molecule has 1 atom stereocenters. The lowest BCUT2D eigenvalue weighted by molar-refractivity contribution is 0.174. The van der Waals surface area contributed by atoms with E-state index < -0.39 is 6.10 Å². The van der Waals surface area contributed by atoms with Gasteiger partial charge in [-0.25, -0.2) is 4.39 Å². The van der Waals surface area contributed by atoms with Gasteiger partial charge in [-0.2, -0.15) is 0 Å². The van der Waals surface area contributed by atoms with E-state index in [-0.39, 0.29) is 12.4 Å². The molecular formula is C22H21ClFNO2. The average Bonchev–Trinajstić information content (AvgIpc) is 2.69. The third kappa shape index (κ3) is 5.54. The maximum absolute atomic E-state index is 13.1. The molecule has 3 nitrogen and oxygen atoms in total. The Balaban J connectivity index is 1.57. The lowest BCUT2D eigenvalue weighted by Crippen LogP contribution is -2.21. The first-order valence-corrected chi connectivity index (χ1v) is 9.09. The third-order valence-corrected chi connectivity index (χ3v) is 4.56. The Hall–Kier alpha value is -2.40. The highest BCUT2D eigenvalue weighted by molar-refractivity contribution is 6.31. The second-order valence-corrected chi connectivity index (χ2v) is 6.60. The maximum atomic E-state index is 13.1. The van der Waals surface area contributed by atoms with Crippen LogP contribution in [0.4, 0.5) is 4.39 Å². The Morgan fingerprint density at radius 1 is 0.963 bits per heavy atom. The van der Waals surface area contributed by atoms with Gasteiger partial charge in [-0.05, 0) is 23.8 Å². The van der Waals surface area contributed by atoms with Crippen LogP contribution in [0.25, 0.3) is 0 Å². The van der Waals surface area contributed by atoms with Gasteiger partial charge in [-0.1, -0.05) is 66.2 Å². The molecule has 27 heavy (non-hydrogen) atoms. The highest BCUT2D eigenvalue weighted by Crippen LogP contribution is 2.23. The smallest absolute Gasteiger partial charge is 0.124 e. The largest absolute Gasteiger partial charge is 0.489 e. The van der Waals surface area contributed by atoms with Crippen molar-refractivity contribution in [2.75, 3.05) is 6.54 Å². The van der Waals surface area contributed by atoms with E-state index in [1.165, 1.54) is 12.1 Å². The highest BCUT2D eigenvalue weighted by Gasteiger charge is 2.09. The molecule has 0 amide bonds. The van der Waals surface area contributed by atoms with Crippen LogP contribution in [0.1, 0.15) is 22.8 Å². The summed E-state index contributed by atoms with van der Waals surface area (Å²) in [6.45, 7) is 1.24. The molecule has 2 N–H and O–H groups in total. The quantitative estimate of drug-likeness (QED) is 0.580. The Labute approximate surface area is 163 Å². The molecule has 5 heteroatoms. The number of hydrogen-bond acceptors (Lipinski definition) is 3. The molecule has 0 bridgehead atoms. The minimum atomic E-state index is -0.572. The lowest BCUT2D eigenvalue weighted by Gasteiger charge is -2.15. The van der Waals surface area contributed by atoms with Crippen molar-refractivity contribution < 1.29 is 14.2 Å². The van der Waals surface area contributed by atoms with E-state index in [1.54, 1.807) is 6.07 Å². The fraction of sp³-hybridized carbons (Fsp3) is 0.182. The van der Waals surface area contributed by atoms with Crippen LogP contribution in [0, 0.1) is 5.82 Å². The molecule has 3 aromatic carbocycles. The fourth-order valence-corrected chi connectivity index (χ4v) is 2.94. The number of aliphatic hydroxyl groups excluding tert-OH is 1. The zero-order chi connectivity index (χ0) is 19.1. The van der Waals surface area contributed by atoms with Crippen LogP contribution < -0.4 is 10.1 Å². The molecule has 3 aromatic rings. The molecule has 0 aliphatic heterocycles. The molecule has 0 aromatic heterocycles. The maximum Gasteiger partial charge on any atom is 0.124 e. The minimum Gasteiger partial charge on any atom is -0.489 e. The van der Waals surface area contributed by atoms with Gasteiger partial charge in [0.05, 0.1) is 11.1 Å². The van der Waals surface area contributed by atoms with Gasteiger partial charge < -0.3 is 15.2 Å².